The maximum atomic E-state index is 6.12. The Kier molecular flexibility index (Phi) is 8.13. The highest BCUT2D eigenvalue weighted by Gasteiger charge is 2.04. The lowest BCUT2D eigenvalue weighted by Gasteiger charge is -2.12. The summed E-state index contributed by atoms with van der Waals surface area (Å²) in [4.78, 5) is 0. The highest BCUT2D eigenvalue weighted by Crippen LogP contribution is 2.28. The molecule has 0 fully saturated rings. The molecule has 0 spiro atoms. The van der Waals surface area contributed by atoms with Crippen molar-refractivity contribution in [1.82, 2.24) is 0 Å². The van der Waals surface area contributed by atoms with E-state index in [0.29, 0.717) is 6.61 Å². The summed E-state index contributed by atoms with van der Waals surface area (Å²) < 4.78 is 6.76. The first-order valence-corrected chi connectivity index (χ1v) is 9.38. The molecule has 3 N–H and O–H groups in total. The number of hydrogen-bond acceptors (Lipinski definition) is 3. The van der Waals surface area contributed by atoms with Gasteiger partial charge in [0.2, 0.25) is 0 Å². The quantitative estimate of drug-likeness (QED) is 0.414. The molecule has 0 aliphatic heterocycles. The highest BCUT2D eigenvalue weighted by molar-refractivity contribution is 9.10. The standard InChI is InChI=1S/C20H27BrN2O/c1-16-18(21)11-12-19(20(16)22)23-13-7-2-3-8-14-24-15-17-9-5-4-6-10-17/h4-6,9-12,23H,2-3,7-8,13-15,22H2,1H3. The summed E-state index contributed by atoms with van der Waals surface area (Å²) in [5, 5.41) is 3.43. The molecule has 0 saturated carbocycles. The van der Waals surface area contributed by atoms with Crippen molar-refractivity contribution in [2.75, 3.05) is 24.2 Å². The molecule has 0 aliphatic carbocycles. The zero-order chi connectivity index (χ0) is 17.2. The van der Waals surface area contributed by atoms with Crippen LogP contribution in [0.3, 0.4) is 0 Å². The number of hydrogen-bond donors (Lipinski definition) is 2. The van der Waals surface area contributed by atoms with Crippen LogP contribution in [-0.2, 0) is 11.3 Å². The van der Waals surface area contributed by atoms with E-state index in [9.17, 15) is 0 Å². The molecule has 2 aromatic carbocycles. The van der Waals surface area contributed by atoms with Crippen molar-refractivity contribution >= 4 is 27.3 Å². The molecule has 0 unspecified atom stereocenters. The Labute approximate surface area is 153 Å². The summed E-state index contributed by atoms with van der Waals surface area (Å²) in [6.45, 7) is 4.53. The van der Waals surface area contributed by atoms with Gasteiger partial charge < -0.3 is 15.8 Å². The normalized spacial score (nSPS) is 10.8. The number of nitrogens with two attached hydrogens (primary N) is 1. The fourth-order valence-electron chi connectivity index (χ4n) is 2.53. The van der Waals surface area contributed by atoms with E-state index in [0.717, 1.165) is 47.4 Å². The van der Waals surface area contributed by atoms with Crippen LogP contribution >= 0.6 is 15.9 Å². The number of nitrogen functional groups attached to an aromatic ring is 1. The van der Waals surface area contributed by atoms with Crippen molar-refractivity contribution < 1.29 is 4.74 Å². The van der Waals surface area contributed by atoms with Gasteiger partial charge in [0.1, 0.15) is 0 Å². The van der Waals surface area contributed by atoms with Crippen molar-refractivity contribution in [2.45, 2.75) is 39.2 Å². The van der Waals surface area contributed by atoms with Crippen molar-refractivity contribution in [3.63, 3.8) is 0 Å². The van der Waals surface area contributed by atoms with Gasteiger partial charge in [-0.3, -0.25) is 0 Å². The Balaban J connectivity index is 1.51. The van der Waals surface area contributed by atoms with Crippen LogP contribution in [0.15, 0.2) is 46.9 Å². The fraction of sp³-hybridized carbons (Fsp3) is 0.400. The smallest absolute Gasteiger partial charge is 0.0716 e. The lowest BCUT2D eigenvalue weighted by Crippen LogP contribution is -2.05. The predicted molar refractivity (Wildman–Crippen MR) is 106 cm³/mol. The predicted octanol–water partition coefficient (Wildman–Crippen LogP) is 5.53. The van der Waals surface area contributed by atoms with Gasteiger partial charge in [0.15, 0.2) is 0 Å². The molecular weight excluding hydrogens is 364 g/mol. The van der Waals surface area contributed by atoms with Gasteiger partial charge in [0.05, 0.1) is 18.0 Å². The number of benzene rings is 2. The molecule has 4 heteroatoms. The third-order valence-corrected chi connectivity index (χ3v) is 4.95. The van der Waals surface area contributed by atoms with E-state index < -0.39 is 0 Å². The molecule has 0 heterocycles. The van der Waals surface area contributed by atoms with Crippen molar-refractivity contribution in [1.29, 1.82) is 0 Å². The monoisotopic (exact) mass is 390 g/mol. The Hall–Kier alpha value is -1.52. The van der Waals surface area contributed by atoms with Gasteiger partial charge in [-0.25, -0.2) is 0 Å². The van der Waals surface area contributed by atoms with Crippen molar-refractivity contribution in [2.24, 2.45) is 0 Å². The van der Waals surface area contributed by atoms with Crippen LogP contribution in [0.1, 0.15) is 36.8 Å². The SMILES string of the molecule is Cc1c(Br)ccc(NCCCCCCOCc2ccccc2)c1N. The summed E-state index contributed by atoms with van der Waals surface area (Å²) in [5.41, 5.74) is 10.3. The van der Waals surface area contributed by atoms with Gasteiger partial charge in [-0.2, -0.15) is 0 Å². The van der Waals surface area contributed by atoms with Gasteiger partial charge in [-0.15, -0.1) is 0 Å². The molecule has 0 aromatic heterocycles. The van der Waals surface area contributed by atoms with Crippen molar-refractivity contribution in [3.8, 4) is 0 Å². The summed E-state index contributed by atoms with van der Waals surface area (Å²) in [6.07, 6.45) is 4.67. The summed E-state index contributed by atoms with van der Waals surface area (Å²) in [5.74, 6) is 0. The first kappa shape index (κ1) is 18.8. The van der Waals surface area contributed by atoms with E-state index in [-0.39, 0.29) is 0 Å². The lowest BCUT2D eigenvalue weighted by atomic mass is 10.1. The average molecular weight is 391 g/mol. The van der Waals surface area contributed by atoms with Gasteiger partial charge in [0.25, 0.3) is 0 Å². The van der Waals surface area contributed by atoms with Crippen LogP contribution in [0.5, 0.6) is 0 Å². The molecule has 0 radical (unpaired) electrons. The first-order chi connectivity index (χ1) is 11.7. The van der Waals surface area contributed by atoms with E-state index in [1.54, 1.807) is 0 Å². The zero-order valence-corrected chi connectivity index (χ0v) is 15.9. The summed E-state index contributed by atoms with van der Waals surface area (Å²) >= 11 is 3.50. The second-order valence-corrected chi connectivity index (χ2v) is 6.87. The molecule has 24 heavy (non-hydrogen) atoms. The Morgan fingerprint density at radius 2 is 1.75 bits per heavy atom. The van der Waals surface area contributed by atoms with Crippen LogP contribution in [0.2, 0.25) is 0 Å². The van der Waals surface area contributed by atoms with Crippen LogP contribution in [0.25, 0.3) is 0 Å². The van der Waals surface area contributed by atoms with Crippen LogP contribution in [0, 0.1) is 6.92 Å². The number of halogens is 1. The second kappa shape index (κ2) is 10.4. The summed E-state index contributed by atoms with van der Waals surface area (Å²) in [7, 11) is 0. The number of anilines is 2. The minimum atomic E-state index is 0.713. The largest absolute Gasteiger partial charge is 0.397 e. The second-order valence-electron chi connectivity index (χ2n) is 6.01. The Morgan fingerprint density at radius 1 is 1.00 bits per heavy atom. The molecule has 2 aromatic rings. The van der Waals surface area contributed by atoms with E-state index >= 15 is 0 Å². The van der Waals surface area contributed by atoms with Crippen LogP contribution in [0.4, 0.5) is 11.4 Å². The molecule has 0 aliphatic rings. The zero-order valence-electron chi connectivity index (χ0n) is 14.4. The molecule has 2 rings (SSSR count). The van der Waals surface area contributed by atoms with E-state index in [1.165, 1.54) is 18.4 Å². The van der Waals surface area contributed by atoms with Crippen LogP contribution < -0.4 is 11.1 Å². The van der Waals surface area contributed by atoms with Gasteiger partial charge >= 0.3 is 0 Å². The molecular formula is C20H27BrN2O. The third kappa shape index (κ3) is 6.17. The number of rotatable bonds is 10. The van der Waals surface area contributed by atoms with Gasteiger partial charge in [-0.1, -0.05) is 59.1 Å². The number of nitrogens with one attached hydrogen (secondary N) is 1. The fourth-order valence-corrected chi connectivity index (χ4v) is 2.87. The van der Waals surface area contributed by atoms with E-state index in [4.69, 9.17) is 10.5 Å². The maximum Gasteiger partial charge on any atom is 0.0716 e. The minimum absolute atomic E-state index is 0.713. The van der Waals surface area contributed by atoms with E-state index in [2.05, 4.69) is 33.4 Å². The average Bonchev–Trinajstić information content (AvgIpc) is 2.61. The molecule has 0 amide bonds. The number of ether oxygens (including phenoxy) is 1. The topological polar surface area (TPSA) is 47.3 Å². The maximum absolute atomic E-state index is 6.12. The van der Waals surface area contributed by atoms with Gasteiger partial charge in [0, 0.05) is 17.6 Å². The van der Waals surface area contributed by atoms with Crippen LogP contribution in [-0.4, -0.2) is 13.2 Å². The van der Waals surface area contributed by atoms with Gasteiger partial charge in [-0.05, 0) is 43.0 Å². The van der Waals surface area contributed by atoms with Crippen molar-refractivity contribution in [3.05, 3.63) is 58.1 Å². The third-order valence-electron chi connectivity index (χ3n) is 4.09. The molecule has 0 saturated heterocycles. The molecule has 0 atom stereocenters. The lowest BCUT2D eigenvalue weighted by molar-refractivity contribution is 0.117. The molecule has 130 valence electrons. The minimum Gasteiger partial charge on any atom is -0.397 e. The van der Waals surface area contributed by atoms with E-state index in [1.807, 2.05) is 37.3 Å². The Morgan fingerprint density at radius 3 is 2.54 bits per heavy atom. The molecule has 0 bridgehead atoms. The Bertz CT molecular complexity index is 617. The summed E-state index contributed by atoms with van der Waals surface area (Å²) in [6, 6.07) is 14.4. The first-order valence-electron chi connectivity index (χ1n) is 8.58. The molecule has 3 nitrogen and oxygen atoms in total. The number of unbranched alkanes of at least 4 members (excludes halogenated alkanes) is 3. The highest BCUT2D eigenvalue weighted by atomic mass is 79.9.